The number of fused-ring (bicyclic) bond motifs is 6. The average molecular weight is 791 g/mol. The molecule has 0 unspecified atom stereocenters. The maximum absolute atomic E-state index is 2.46. The highest BCUT2D eigenvalue weighted by Crippen LogP contribution is 2.46. The Morgan fingerprint density at radius 3 is 1.03 bits per heavy atom. The second-order valence-electron chi connectivity index (χ2n) is 15.8. The van der Waals surface area contributed by atoms with Crippen molar-refractivity contribution in [3.05, 3.63) is 254 Å². The zero-order valence-corrected chi connectivity index (χ0v) is 34.1. The Hall–Kier alpha value is -8.20. The topological polar surface area (TPSA) is 6.48 Å². The maximum atomic E-state index is 2.46. The predicted molar refractivity (Wildman–Crippen MR) is 267 cm³/mol. The van der Waals surface area contributed by atoms with Crippen LogP contribution in [0.2, 0.25) is 0 Å². The van der Waals surface area contributed by atoms with Crippen molar-refractivity contribution in [1.82, 2.24) is 0 Å². The molecule has 0 heterocycles. The van der Waals surface area contributed by atoms with Gasteiger partial charge in [-0.05, 0) is 115 Å². The molecule has 0 amide bonds. The van der Waals surface area contributed by atoms with Crippen LogP contribution in [0.3, 0.4) is 0 Å². The first kappa shape index (κ1) is 36.8. The molecule has 0 aliphatic rings. The summed E-state index contributed by atoms with van der Waals surface area (Å²) < 4.78 is 0. The van der Waals surface area contributed by atoms with Crippen molar-refractivity contribution < 1.29 is 0 Å². The van der Waals surface area contributed by atoms with Gasteiger partial charge in [0.2, 0.25) is 0 Å². The smallest absolute Gasteiger partial charge is 0.0546 e. The summed E-state index contributed by atoms with van der Waals surface area (Å²) >= 11 is 0. The highest BCUT2D eigenvalue weighted by molar-refractivity contribution is 6.18. The van der Waals surface area contributed by atoms with E-state index in [0.717, 1.165) is 45.3 Å². The molecule has 0 aliphatic heterocycles. The van der Waals surface area contributed by atoms with Gasteiger partial charge in [0.25, 0.3) is 0 Å². The quantitative estimate of drug-likeness (QED) is 0.106. The predicted octanol–water partition coefficient (Wildman–Crippen LogP) is 17.1. The molecule has 0 saturated carbocycles. The summed E-state index contributed by atoms with van der Waals surface area (Å²) in [5, 5.41) is 9.88. The summed E-state index contributed by atoms with van der Waals surface area (Å²) in [6.45, 7) is 0. The van der Waals surface area contributed by atoms with E-state index in [1.165, 1.54) is 54.2 Å². The molecule has 0 aromatic heterocycles. The van der Waals surface area contributed by atoms with Gasteiger partial charge in [0.1, 0.15) is 0 Å². The molecule has 2 nitrogen and oxygen atoms in total. The normalized spacial score (nSPS) is 11.5. The van der Waals surface area contributed by atoms with Gasteiger partial charge in [0.05, 0.1) is 11.4 Å². The van der Waals surface area contributed by atoms with Gasteiger partial charge in [0.15, 0.2) is 0 Å². The van der Waals surface area contributed by atoms with Gasteiger partial charge in [-0.3, -0.25) is 0 Å². The summed E-state index contributed by atoms with van der Waals surface area (Å²) in [5.41, 5.74) is 11.5. The lowest BCUT2D eigenvalue weighted by Gasteiger charge is -2.29. The molecule has 0 saturated heterocycles. The van der Waals surface area contributed by atoms with Crippen LogP contribution in [0, 0.1) is 0 Å². The van der Waals surface area contributed by atoms with Gasteiger partial charge < -0.3 is 9.80 Å². The number of rotatable bonds is 9. The minimum atomic E-state index is 1.11. The van der Waals surface area contributed by atoms with Crippen molar-refractivity contribution in [3.8, 4) is 11.1 Å². The summed E-state index contributed by atoms with van der Waals surface area (Å²) in [7, 11) is 0. The third-order valence-corrected chi connectivity index (χ3v) is 12.0. The standard InChI is InChI=1S/C60H42N2/c1-3-17-49(18-4-1)61(50-19-5-2-6-20-50)51-39-35-46(36-40-51)45-33-29-43(30-34-45)27-28-44-31-37-52(38-32-44)62(59-41-47-15-7-9-21-53(47)55-23-11-13-25-57(55)59)60-42-48-16-8-10-22-54(48)56-24-12-14-26-58(56)60/h1-42H/b28-27+. The molecule has 2 heteroatoms. The number of anilines is 6. The van der Waals surface area contributed by atoms with E-state index in [0.29, 0.717) is 0 Å². The number of hydrogen-bond donors (Lipinski definition) is 0. The first-order valence-corrected chi connectivity index (χ1v) is 21.3. The lowest BCUT2D eigenvalue weighted by Crippen LogP contribution is -2.11. The van der Waals surface area contributed by atoms with Gasteiger partial charge in [-0.1, -0.05) is 194 Å². The fourth-order valence-electron chi connectivity index (χ4n) is 8.96. The van der Waals surface area contributed by atoms with Crippen LogP contribution in [-0.4, -0.2) is 0 Å². The van der Waals surface area contributed by atoms with Gasteiger partial charge >= 0.3 is 0 Å². The molecule has 292 valence electrons. The molecule has 11 rings (SSSR count). The molecule has 11 aromatic carbocycles. The number of hydrogen-bond acceptors (Lipinski definition) is 2. The molecule has 0 atom stereocenters. The van der Waals surface area contributed by atoms with Crippen LogP contribution in [0.1, 0.15) is 11.1 Å². The fourth-order valence-corrected chi connectivity index (χ4v) is 8.96. The van der Waals surface area contributed by atoms with E-state index in [1.807, 2.05) is 0 Å². The van der Waals surface area contributed by atoms with E-state index in [1.54, 1.807) is 0 Å². The van der Waals surface area contributed by atoms with E-state index in [2.05, 4.69) is 265 Å². The molecular formula is C60H42N2. The number of para-hydroxylation sites is 2. The largest absolute Gasteiger partial charge is 0.311 e. The van der Waals surface area contributed by atoms with Crippen LogP contribution in [0.15, 0.2) is 243 Å². The Bertz CT molecular complexity index is 3210. The molecule has 0 N–H and O–H groups in total. The summed E-state index contributed by atoms with van der Waals surface area (Å²) in [5.74, 6) is 0. The SMILES string of the molecule is C(=C\c1ccc(N(c2cc3ccccc3c3ccccc23)c2cc3ccccc3c3ccccc23)cc1)/c1ccc(-c2ccc(N(c3ccccc3)c3ccccc3)cc2)cc1. The summed E-state index contributed by atoms with van der Waals surface area (Å²) in [6.07, 6.45) is 4.40. The monoisotopic (exact) mass is 790 g/mol. The van der Waals surface area contributed by atoms with E-state index in [-0.39, 0.29) is 0 Å². The molecule has 0 radical (unpaired) electrons. The molecule has 62 heavy (non-hydrogen) atoms. The van der Waals surface area contributed by atoms with Crippen molar-refractivity contribution in [2.75, 3.05) is 9.80 Å². The zero-order valence-electron chi connectivity index (χ0n) is 34.1. The fraction of sp³-hybridized carbons (Fsp3) is 0. The highest BCUT2D eigenvalue weighted by Gasteiger charge is 2.20. The second kappa shape index (κ2) is 16.1. The molecule has 11 aromatic rings. The molecule has 0 bridgehead atoms. The Balaban J connectivity index is 0.912. The number of benzene rings is 11. The second-order valence-corrected chi connectivity index (χ2v) is 15.8. The van der Waals surface area contributed by atoms with E-state index >= 15 is 0 Å². The Morgan fingerprint density at radius 2 is 0.565 bits per heavy atom. The van der Waals surface area contributed by atoms with Crippen molar-refractivity contribution in [1.29, 1.82) is 0 Å². The third kappa shape index (κ3) is 6.94. The Morgan fingerprint density at radius 1 is 0.242 bits per heavy atom. The van der Waals surface area contributed by atoms with Crippen LogP contribution < -0.4 is 9.80 Å². The Labute approximate surface area is 362 Å². The third-order valence-electron chi connectivity index (χ3n) is 12.0. The van der Waals surface area contributed by atoms with Gasteiger partial charge in [0, 0.05) is 33.5 Å². The molecule has 0 spiro atoms. The van der Waals surface area contributed by atoms with Crippen LogP contribution in [0.25, 0.3) is 66.4 Å². The van der Waals surface area contributed by atoms with E-state index in [9.17, 15) is 0 Å². The first-order valence-electron chi connectivity index (χ1n) is 21.3. The van der Waals surface area contributed by atoms with Crippen molar-refractivity contribution in [2.45, 2.75) is 0 Å². The lowest BCUT2D eigenvalue weighted by atomic mass is 9.96. The summed E-state index contributed by atoms with van der Waals surface area (Å²) in [6, 6.07) is 87.5. The maximum Gasteiger partial charge on any atom is 0.0546 e. The zero-order chi connectivity index (χ0) is 41.2. The van der Waals surface area contributed by atoms with Crippen LogP contribution in [0.5, 0.6) is 0 Å². The molecular weight excluding hydrogens is 749 g/mol. The van der Waals surface area contributed by atoms with Crippen LogP contribution in [0.4, 0.5) is 34.1 Å². The number of nitrogens with zero attached hydrogens (tertiary/aromatic N) is 2. The van der Waals surface area contributed by atoms with Crippen molar-refractivity contribution in [3.63, 3.8) is 0 Å². The van der Waals surface area contributed by atoms with Crippen LogP contribution >= 0.6 is 0 Å². The average Bonchev–Trinajstić information content (AvgIpc) is 3.35. The van der Waals surface area contributed by atoms with Crippen molar-refractivity contribution >= 4 is 89.4 Å². The molecule has 0 fully saturated rings. The minimum Gasteiger partial charge on any atom is -0.311 e. The molecule has 0 aliphatic carbocycles. The van der Waals surface area contributed by atoms with E-state index < -0.39 is 0 Å². The first-order chi connectivity index (χ1) is 30.7. The Kier molecular flexibility index (Phi) is 9.57. The van der Waals surface area contributed by atoms with Gasteiger partial charge in [-0.15, -0.1) is 0 Å². The van der Waals surface area contributed by atoms with Gasteiger partial charge in [-0.25, -0.2) is 0 Å². The van der Waals surface area contributed by atoms with Gasteiger partial charge in [-0.2, -0.15) is 0 Å². The van der Waals surface area contributed by atoms with Crippen molar-refractivity contribution in [2.24, 2.45) is 0 Å². The van der Waals surface area contributed by atoms with Crippen LogP contribution in [-0.2, 0) is 0 Å². The summed E-state index contributed by atoms with van der Waals surface area (Å²) in [4.78, 5) is 4.75. The van der Waals surface area contributed by atoms with E-state index in [4.69, 9.17) is 0 Å². The highest BCUT2D eigenvalue weighted by atomic mass is 15.1. The minimum absolute atomic E-state index is 1.11. The lowest BCUT2D eigenvalue weighted by molar-refractivity contribution is 1.28.